The molecule has 286 valence electrons. The summed E-state index contributed by atoms with van der Waals surface area (Å²) in [6.45, 7) is 6.39. The van der Waals surface area contributed by atoms with Gasteiger partial charge >= 0.3 is 0 Å². The van der Waals surface area contributed by atoms with Gasteiger partial charge in [0.25, 0.3) is 0 Å². The van der Waals surface area contributed by atoms with Crippen molar-refractivity contribution in [3.63, 3.8) is 0 Å². The minimum atomic E-state index is 0.593. The maximum atomic E-state index is 6.63. The first-order chi connectivity index (χ1) is 29.6. The second-order valence-electron chi connectivity index (χ2n) is 15.0. The van der Waals surface area contributed by atoms with Crippen molar-refractivity contribution in [1.29, 1.82) is 0 Å². The highest BCUT2D eigenvalue weighted by molar-refractivity contribution is 6.12. The maximum absolute atomic E-state index is 6.63. The standard InChI is InChI=1S/C57H41NO2/c1-39-55(59-40(2)41-16-6-3-7-17-41)38-52(57-56(39)51-23-13-15-25-54(51)60-57)47-32-36-49(37-33-47)58(53-24-14-12-22-50(53)46-20-10-5-11-21-46)48-34-30-45(31-35-48)44-28-26-43(27-29-44)42-18-8-4-9-19-42/h3-38H,2H2,1H3. The summed E-state index contributed by atoms with van der Waals surface area (Å²) < 4.78 is 13.2. The monoisotopic (exact) mass is 771 g/mol. The molecule has 0 spiro atoms. The zero-order valence-corrected chi connectivity index (χ0v) is 33.3. The Labute approximate surface area is 350 Å². The predicted molar refractivity (Wildman–Crippen MR) is 251 cm³/mol. The highest BCUT2D eigenvalue weighted by Crippen LogP contribution is 2.45. The average Bonchev–Trinajstić information content (AvgIpc) is 3.72. The number of aryl methyl sites for hydroxylation is 1. The van der Waals surface area contributed by atoms with Crippen LogP contribution in [0.2, 0.25) is 0 Å². The van der Waals surface area contributed by atoms with Crippen molar-refractivity contribution in [3.8, 4) is 50.3 Å². The summed E-state index contributed by atoms with van der Waals surface area (Å²) in [6.07, 6.45) is 0. The SMILES string of the molecule is C=C(Oc1cc(-c2ccc(N(c3ccc(-c4ccc(-c5ccccc5)cc4)cc3)c3ccccc3-c3ccccc3)cc2)c2oc3ccccc3c2c1C)c1ccccc1. The van der Waals surface area contributed by atoms with Gasteiger partial charge in [0.1, 0.15) is 22.7 Å². The number of benzene rings is 9. The number of rotatable bonds is 10. The van der Waals surface area contributed by atoms with Gasteiger partial charge in [-0.1, -0.05) is 183 Å². The zero-order chi connectivity index (χ0) is 40.4. The van der Waals surface area contributed by atoms with Crippen LogP contribution in [0.15, 0.2) is 229 Å². The van der Waals surface area contributed by atoms with Crippen molar-refractivity contribution in [2.75, 3.05) is 4.90 Å². The number of hydrogen-bond acceptors (Lipinski definition) is 3. The lowest BCUT2D eigenvalue weighted by Gasteiger charge is -2.28. The van der Waals surface area contributed by atoms with E-state index in [0.29, 0.717) is 5.76 Å². The van der Waals surface area contributed by atoms with Crippen LogP contribution in [0.1, 0.15) is 11.1 Å². The molecular weight excluding hydrogens is 731 g/mol. The van der Waals surface area contributed by atoms with E-state index in [-0.39, 0.29) is 0 Å². The van der Waals surface area contributed by atoms with Gasteiger partial charge in [0.2, 0.25) is 0 Å². The lowest BCUT2D eigenvalue weighted by atomic mass is 9.97. The smallest absolute Gasteiger partial charge is 0.143 e. The van der Waals surface area contributed by atoms with Gasteiger partial charge in [-0.2, -0.15) is 0 Å². The molecule has 0 saturated heterocycles. The van der Waals surface area contributed by atoms with Crippen molar-refractivity contribution in [2.45, 2.75) is 6.92 Å². The van der Waals surface area contributed by atoms with Gasteiger partial charge in [-0.25, -0.2) is 0 Å². The Morgan fingerprint density at radius 2 is 0.933 bits per heavy atom. The number of hydrogen-bond donors (Lipinski definition) is 0. The molecule has 0 amide bonds. The molecular formula is C57H41NO2. The maximum Gasteiger partial charge on any atom is 0.143 e. The molecule has 0 unspecified atom stereocenters. The van der Waals surface area contributed by atoms with Crippen molar-refractivity contribution < 1.29 is 9.15 Å². The van der Waals surface area contributed by atoms with Crippen molar-refractivity contribution in [2.24, 2.45) is 0 Å². The third-order valence-corrected chi connectivity index (χ3v) is 11.3. The summed E-state index contributed by atoms with van der Waals surface area (Å²) in [5.74, 6) is 1.34. The van der Waals surface area contributed by atoms with Crippen molar-refractivity contribution >= 4 is 44.8 Å². The summed E-state index contributed by atoms with van der Waals surface area (Å²) in [4.78, 5) is 2.35. The molecule has 0 aliphatic rings. The van der Waals surface area contributed by atoms with Crippen molar-refractivity contribution in [3.05, 3.63) is 236 Å². The quantitative estimate of drug-likeness (QED) is 0.130. The van der Waals surface area contributed by atoms with Crippen LogP contribution in [0, 0.1) is 6.92 Å². The normalized spacial score (nSPS) is 11.2. The summed E-state index contributed by atoms with van der Waals surface area (Å²) in [6, 6.07) is 76.5. The summed E-state index contributed by atoms with van der Waals surface area (Å²) >= 11 is 0. The molecule has 60 heavy (non-hydrogen) atoms. The van der Waals surface area contributed by atoms with Crippen LogP contribution in [-0.2, 0) is 0 Å². The van der Waals surface area contributed by atoms with Crippen LogP contribution in [0.25, 0.3) is 72.2 Å². The lowest BCUT2D eigenvalue weighted by Crippen LogP contribution is -2.11. The molecule has 0 N–H and O–H groups in total. The van der Waals surface area contributed by atoms with E-state index < -0.39 is 0 Å². The fraction of sp³-hybridized carbons (Fsp3) is 0.0175. The topological polar surface area (TPSA) is 25.6 Å². The number of anilines is 3. The Morgan fingerprint density at radius 3 is 1.57 bits per heavy atom. The minimum absolute atomic E-state index is 0.593. The average molecular weight is 772 g/mol. The Morgan fingerprint density at radius 1 is 0.467 bits per heavy atom. The summed E-state index contributed by atoms with van der Waals surface area (Å²) in [5.41, 5.74) is 15.8. The van der Waals surface area contributed by atoms with E-state index in [9.17, 15) is 0 Å². The predicted octanol–water partition coefficient (Wildman–Crippen LogP) is 16.1. The molecule has 1 aromatic heterocycles. The minimum Gasteiger partial charge on any atom is -0.457 e. The van der Waals surface area contributed by atoms with Crippen LogP contribution in [-0.4, -0.2) is 0 Å². The molecule has 1 heterocycles. The molecule has 9 aromatic carbocycles. The zero-order valence-electron chi connectivity index (χ0n) is 33.3. The molecule has 0 radical (unpaired) electrons. The van der Waals surface area contributed by atoms with Gasteiger partial charge in [-0.05, 0) is 82.8 Å². The number of nitrogens with zero attached hydrogens (tertiary/aromatic N) is 1. The largest absolute Gasteiger partial charge is 0.457 e. The van der Waals surface area contributed by atoms with E-state index in [1.807, 2.05) is 42.5 Å². The van der Waals surface area contributed by atoms with Crippen LogP contribution in [0.4, 0.5) is 17.1 Å². The lowest BCUT2D eigenvalue weighted by molar-refractivity contribution is 0.513. The Kier molecular flexibility index (Phi) is 9.61. The Hall–Kier alpha value is -7.88. The van der Waals surface area contributed by atoms with E-state index in [1.165, 1.54) is 16.7 Å². The van der Waals surface area contributed by atoms with Crippen LogP contribution < -0.4 is 9.64 Å². The van der Waals surface area contributed by atoms with Gasteiger partial charge in [0, 0.05) is 44.4 Å². The molecule has 10 aromatic rings. The number of furan rings is 1. The number of para-hydroxylation sites is 2. The molecule has 0 saturated carbocycles. The summed E-state index contributed by atoms with van der Waals surface area (Å²) in [5, 5.41) is 2.09. The van der Waals surface area contributed by atoms with E-state index in [4.69, 9.17) is 9.15 Å². The van der Waals surface area contributed by atoms with Gasteiger partial charge in [0.15, 0.2) is 0 Å². The van der Waals surface area contributed by atoms with E-state index in [2.05, 4.69) is 194 Å². The molecule has 0 fully saturated rings. The molecule has 10 rings (SSSR count). The highest BCUT2D eigenvalue weighted by atomic mass is 16.5. The molecule has 0 bridgehead atoms. The van der Waals surface area contributed by atoms with Gasteiger partial charge in [-0.15, -0.1) is 0 Å². The Bertz CT molecular complexity index is 3100. The van der Waals surface area contributed by atoms with Crippen LogP contribution in [0.3, 0.4) is 0 Å². The second-order valence-corrected chi connectivity index (χ2v) is 15.0. The van der Waals surface area contributed by atoms with E-state index in [0.717, 1.165) is 83.7 Å². The first-order valence-corrected chi connectivity index (χ1v) is 20.3. The van der Waals surface area contributed by atoms with Gasteiger partial charge in [0.05, 0.1) is 5.69 Å². The number of fused-ring (bicyclic) bond motifs is 3. The third-order valence-electron chi connectivity index (χ3n) is 11.3. The first-order valence-electron chi connectivity index (χ1n) is 20.3. The highest BCUT2D eigenvalue weighted by Gasteiger charge is 2.21. The van der Waals surface area contributed by atoms with Gasteiger partial charge < -0.3 is 14.1 Å². The molecule has 3 nitrogen and oxygen atoms in total. The second kappa shape index (κ2) is 15.8. The van der Waals surface area contributed by atoms with Crippen molar-refractivity contribution in [1.82, 2.24) is 0 Å². The molecule has 3 heteroatoms. The summed E-state index contributed by atoms with van der Waals surface area (Å²) in [7, 11) is 0. The molecule has 0 aliphatic carbocycles. The van der Waals surface area contributed by atoms with Crippen LogP contribution >= 0.6 is 0 Å². The fourth-order valence-electron chi connectivity index (χ4n) is 8.21. The first kappa shape index (κ1) is 36.5. The molecule has 0 atom stereocenters. The van der Waals surface area contributed by atoms with Crippen LogP contribution in [0.5, 0.6) is 5.75 Å². The van der Waals surface area contributed by atoms with E-state index >= 15 is 0 Å². The Balaban J connectivity index is 1.06. The number of ether oxygens (including phenoxy) is 1. The fourth-order valence-corrected chi connectivity index (χ4v) is 8.21. The third kappa shape index (κ3) is 6.93. The van der Waals surface area contributed by atoms with E-state index in [1.54, 1.807) is 0 Å². The van der Waals surface area contributed by atoms with Gasteiger partial charge in [-0.3, -0.25) is 0 Å². The molecule has 0 aliphatic heterocycles.